The molecule has 2 N–H and O–H groups in total. The van der Waals surface area contributed by atoms with Crippen molar-refractivity contribution in [3.63, 3.8) is 0 Å². The van der Waals surface area contributed by atoms with E-state index in [1.165, 1.54) is 0 Å². The molecule has 3 aromatic carbocycles. The van der Waals surface area contributed by atoms with Gasteiger partial charge < -0.3 is 15.2 Å². The minimum absolute atomic E-state index is 0.0682. The summed E-state index contributed by atoms with van der Waals surface area (Å²) in [4.78, 5) is 24.0. The predicted molar refractivity (Wildman–Crippen MR) is 124 cm³/mol. The molecule has 0 aromatic heterocycles. The zero-order chi connectivity index (χ0) is 22.5. The van der Waals surface area contributed by atoms with Gasteiger partial charge in [0.05, 0.1) is 0 Å². The number of rotatable bonds is 8. The van der Waals surface area contributed by atoms with Crippen molar-refractivity contribution in [2.45, 2.75) is 31.2 Å². The number of fused-ring (bicyclic) bond motifs is 3. The van der Waals surface area contributed by atoms with Gasteiger partial charge in [0.25, 0.3) is 0 Å². The van der Waals surface area contributed by atoms with Gasteiger partial charge in [0.1, 0.15) is 12.6 Å². The van der Waals surface area contributed by atoms with Crippen molar-refractivity contribution in [2.24, 2.45) is 0 Å². The quantitative estimate of drug-likeness (QED) is 0.465. The number of hydrogen-bond donors (Lipinski definition) is 2. The van der Waals surface area contributed by atoms with Gasteiger partial charge in [-0.15, -0.1) is 0 Å². The summed E-state index contributed by atoms with van der Waals surface area (Å²) in [6, 6.07) is 22.6. The van der Waals surface area contributed by atoms with Crippen LogP contribution in [0.25, 0.3) is 11.1 Å². The lowest BCUT2D eigenvalue weighted by Gasteiger charge is -2.17. The van der Waals surface area contributed by atoms with Crippen molar-refractivity contribution >= 4 is 23.7 Å². The van der Waals surface area contributed by atoms with E-state index in [4.69, 9.17) is 16.3 Å². The number of carboxylic acid groups (broad SMARTS) is 1. The molecule has 0 aliphatic heterocycles. The van der Waals surface area contributed by atoms with Crippen molar-refractivity contribution in [1.82, 2.24) is 5.32 Å². The van der Waals surface area contributed by atoms with Crippen molar-refractivity contribution in [2.75, 3.05) is 6.61 Å². The van der Waals surface area contributed by atoms with Crippen LogP contribution in [-0.2, 0) is 16.0 Å². The van der Waals surface area contributed by atoms with Gasteiger partial charge in [0, 0.05) is 10.9 Å². The number of carbonyl (C=O) groups is 2. The molecule has 0 heterocycles. The van der Waals surface area contributed by atoms with Crippen LogP contribution in [0.1, 0.15) is 35.4 Å². The van der Waals surface area contributed by atoms with E-state index < -0.39 is 18.1 Å². The van der Waals surface area contributed by atoms with Crippen LogP contribution in [0.15, 0.2) is 72.8 Å². The minimum Gasteiger partial charge on any atom is -0.480 e. The molecule has 4 rings (SSSR count). The zero-order valence-electron chi connectivity index (χ0n) is 17.5. The Hall–Kier alpha value is -3.31. The normalized spacial score (nSPS) is 13.2. The van der Waals surface area contributed by atoms with E-state index in [9.17, 15) is 14.7 Å². The Labute approximate surface area is 192 Å². The van der Waals surface area contributed by atoms with Crippen LogP contribution in [0.3, 0.4) is 0 Å². The largest absolute Gasteiger partial charge is 0.480 e. The number of ether oxygens (including phenoxy) is 1. The fourth-order valence-electron chi connectivity index (χ4n) is 4.20. The van der Waals surface area contributed by atoms with Gasteiger partial charge in [-0.25, -0.2) is 9.59 Å². The standard InChI is InChI=1S/C26H24ClNO4/c27-18-14-12-17(13-15-18)6-5-11-24(25(29)30)28-26(31)32-16-23-21-9-3-1-7-19(21)20-8-2-4-10-22(20)23/h1-4,7-10,12-15,23-24H,5-6,11,16H2,(H,28,31)(H,29,30). The maximum Gasteiger partial charge on any atom is 0.407 e. The summed E-state index contributed by atoms with van der Waals surface area (Å²) in [5, 5.41) is 12.7. The smallest absolute Gasteiger partial charge is 0.407 e. The van der Waals surface area contributed by atoms with Gasteiger partial charge in [-0.05, 0) is 59.2 Å². The van der Waals surface area contributed by atoms with Crippen LogP contribution in [0.5, 0.6) is 0 Å². The molecule has 0 spiro atoms. The van der Waals surface area contributed by atoms with E-state index in [1.54, 1.807) is 12.1 Å². The molecule has 1 amide bonds. The van der Waals surface area contributed by atoms with E-state index in [0.717, 1.165) is 27.8 Å². The molecule has 0 saturated carbocycles. The van der Waals surface area contributed by atoms with Crippen LogP contribution in [-0.4, -0.2) is 29.8 Å². The predicted octanol–water partition coefficient (Wildman–Crippen LogP) is 5.65. The van der Waals surface area contributed by atoms with Crippen LogP contribution in [0.4, 0.5) is 4.79 Å². The van der Waals surface area contributed by atoms with Gasteiger partial charge in [-0.1, -0.05) is 72.3 Å². The Bertz CT molecular complexity index is 1070. The summed E-state index contributed by atoms with van der Waals surface area (Å²) in [6.45, 7) is 0.150. The molecule has 1 aliphatic rings. The molecule has 1 unspecified atom stereocenters. The minimum atomic E-state index is -1.07. The maximum absolute atomic E-state index is 12.4. The molecule has 6 heteroatoms. The third kappa shape index (κ3) is 4.94. The second-order valence-electron chi connectivity index (χ2n) is 7.88. The Morgan fingerprint density at radius 2 is 1.53 bits per heavy atom. The Morgan fingerprint density at radius 3 is 2.12 bits per heavy atom. The third-order valence-electron chi connectivity index (χ3n) is 5.81. The van der Waals surface area contributed by atoms with Crippen LogP contribution < -0.4 is 5.32 Å². The molecule has 1 aliphatic carbocycles. The van der Waals surface area contributed by atoms with Crippen LogP contribution in [0.2, 0.25) is 5.02 Å². The lowest BCUT2D eigenvalue weighted by molar-refractivity contribution is -0.139. The topological polar surface area (TPSA) is 75.6 Å². The molecule has 0 fully saturated rings. The Kier molecular flexibility index (Phi) is 6.76. The highest BCUT2D eigenvalue weighted by Gasteiger charge is 2.29. The second kappa shape index (κ2) is 9.88. The van der Waals surface area contributed by atoms with Crippen LogP contribution in [0, 0.1) is 0 Å². The zero-order valence-corrected chi connectivity index (χ0v) is 18.2. The summed E-state index contributed by atoms with van der Waals surface area (Å²) in [5.74, 6) is -1.14. The Balaban J connectivity index is 1.33. The molecule has 164 valence electrons. The number of hydrogen-bond acceptors (Lipinski definition) is 3. The average Bonchev–Trinajstić information content (AvgIpc) is 3.12. The first-order chi connectivity index (χ1) is 15.5. The number of carbonyl (C=O) groups excluding carboxylic acids is 1. The molecular weight excluding hydrogens is 426 g/mol. The highest BCUT2D eigenvalue weighted by Crippen LogP contribution is 2.44. The summed E-state index contributed by atoms with van der Waals surface area (Å²) in [5.41, 5.74) is 5.57. The SMILES string of the molecule is O=C(NC(CCCc1ccc(Cl)cc1)C(=O)O)OCC1c2ccccc2-c2ccccc21. The lowest BCUT2D eigenvalue weighted by atomic mass is 9.98. The van der Waals surface area contributed by atoms with E-state index in [1.807, 2.05) is 48.5 Å². The fraction of sp³-hybridized carbons (Fsp3) is 0.231. The highest BCUT2D eigenvalue weighted by molar-refractivity contribution is 6.30. The summed E-state index contributed by atoms with van der Waals surface area (Å²) in [7, 11) is 0. The number of halogens is 1. The van der Waals surface area contributed by atoms with E-state index in [-0.39, 0.29) is 12.5 Å². The molecule has 32 heavy (non-hydrogen) atoms. The summed E-state index contributed by atoms with van der Waals surface area (Å²) < 4.78 is 5.47. The second-order valence-corrected chi connectivity index (χ2v) is 8.32. The van der Waals surface area contributed by atoms with Gasteiger partial charge in [-0.3, -0.25) is 0 Å². The number of alkyl carbamates (subject to hydrolysis) is 1. The Morgan fingerprint density at radius 1 is 0.938 bits per heavy atom. The van der Waals surface area contributed by atoms with E-state index >= 15 is 0 Å². The van der Waals surface area contributed by atoms with E-state index in [0.29, 0.717) is 24.3 Å². The van der Waals surface area contributed by atoms with Crippen molar-refractivity contribution in [3.8, 4) is 11.1 Å². The van der Waals surface area contributed by atoms with Gasteiger partial charge in [0.15, 0.2) is 0 Å². The first-order valence-electron chi connectivity index (χ1n) is 10.6. The van der Waals surface area contributed by atoms with Crippen LogP contribution >= 0.6 is 11.6 Å². The van der Waals surface area contributed by atoms with Gasteiger partial charge in [0.2, 0.25) is 0 Å². The summed E-state index contributed by atoms with van der Waals surface area (Å²) in [6.07, 6.45) is 0.906. The molecule has 1 atom stereocenters. The van der Waals surface area contributed by atoms with Gasteiger partial charge in [-0.2, -0.15) is 0 Å². The van der Waals surface area contributed by atoms with Crippen molar-refractivity contribution < 1.29 is 19.4 Å². The maximum atomic E-state index is 12.4. The average molecular weight is 450 g/mol. The van der Waals surface area contributed by atoms with E-state index in [2.05, 4.69) is 17.4 Å². The number of nitrogens with one attached hydrogen (secondary N) is 1. The molecule has 3 aromatic rings. The number of amides is 1. The third-order valence-corrected chi connectivity index (χ3v) is 6.06. The van der Waals surface area contributed by atoms with Gasteiger partial charge >= 0.3 is 12.1 Å². The number of benzene rings is 3. The highest BCUT2D eigenvalue weighted by atomic mass is 35.5. The first-order valence-corrected chi connectivity index (χ1v) is 11.0. The molecule has 0 radical (unpaired) electrons. The molecular formula is C26H24ClNO4. The number of aryl methyl sites for hydroxylation is 1. The first kappa shape index (κ1) is 21.9. The van der Waals surface area contributed by atoms with Crippen molar-refractivity contribution in [3.05, 3.63) is 94.5 Å². The summed E-state index contributed by atoms with van der Waals surface area (Å²) >= 11 is 5.89. The fourth-order valence-corrected chi connectivity index (χ4v) is 4.33. The molecule has 0 bridgehead atoms. The van der Waals surface area contributed by atoms with Crippen molar-refractivity contribution in [1.29, 1.82) is 0 Å². The number of aliphatic carboxylic acids is 1. The molecule has 0 saturated heterocycles. The number of carboxylic acids is 1. The monoisotopic (exact) mass is 449 g/mol. The lowest BCUT2D eigenvalue weighted by Crippen LogP contribution is -2.41. The molecule has 5 nitrogen and oxygen atoms in total.